The molecule has 0 saturated heterocycles. The van der Waals surface area contributed by atoms with Gasteiger partial charge in [0.25, 0.3) is 0 Å². The van der Waals surface area contributed by atoms with Crippen molar-refractivity contribution >= 4 is 0 Å². The molecule has 0 radical (unpaired) electrons. The molecule has 1 rings (SSSR count). The minimum atomic E-state index is -0.264. The van der Waals surface area contributed by atoms with Crippen LogP contribution in [0.2, 0.25) is 0 Å². The summed E-state index contributed by atoms with van der Waals surface area (Å²) in [5.41, 5.74) is 0. The molecule has 66 valence electrons. The molecule has 0 aliphatic carbocycles. The summed E-state index contributed by atoms with van der Waals surface area (Å²) >= 11 is 0. The first-order chi connectivity index (χ1) is 5.72. The molecular weight excluding hydrogens is 152 g/mol. The highest BCUT2D eigenvalue weighted by Crippen LogP contribution is 2.13. The molecule has 1 aliphatic rings. The topological polar surface area (TPSA) is 18.5 Å². The second kappa shape index (κ2) is 4.30. The third kappa shape index (κ3) is 2.69. The van der Waals surface area contributed by atoms with Crippen molar-refractivity contribution in [2.24, 2.45) is 0 Å². The van der Waals surface area contributed by atoms with E-state index in [4.69, 9.17) is 15.9 Å². The van der Waals surface area contributed by atoms with Crippen LogP contribution in [-0.4, -0.2) is 18.5 Å². The van der Waals surface area contributed by atoms with Gasteiger partial charge in [0.15, 0.2) is 6.29 Å². The first-order valence-electron chi connectivity index (χ1n) is 4.16. The van der Waals surface area contributed by atoms with Gasteiger partial charge in [-0.05, 0) is 19.9 Å². The van der Waals surface area contributed by atoms with Crippen LogP contribution in [0.4, 0.5) is 0 Å². The molecule has 0 unspecified atom stereocenters. The first kappa shape index (κ1) is 9.31. The monoisotopic (exact) mass is 166 g/mol. The molecule has 0 bridgehead atoms. The van der Waals surface area contributed by atoms with Gasteiger partial charge in [0.05, 0.1) is 6.10 Å². The molecular formula is C10H14O2. The minimum Gasteiger partial charge on any atom is -0.346 e. The number of terminal acetylenes is 1. The Kier molecular flexibility index (Phi) is 3.33. The van der Waals surface area contributed by atoms with Gasteiger partial charge in [-0.1, -0.05) is 12.0 Å². The summed E-state index contributed by atoms with van der Waals surface area (Å²) in [7, 11) is 0. The van der Waals surface area contributed by atoms with Gasteiger partial charge >= 0.3 is 0 Å². The van der Waals surface area contributed by atoms with E-state index in [0.29, 0.717) is 0 Å². The van der Waals surface area contributed by atoms with E-state index < -0.39 is 0 Å². The molecule has 0 amide bonds. The lowest BCUT2D eigenvalue weighted by molar-refractivity contribution is -0.152. The van der Waals surface area contributed by atoms with Crippen LogP contribution in [0, 0.1) is 12.3 Å². The SMILES string of the molecule is C#C[C@H]1CC=C[C@H](OC(C)C)O1. The van der Waals surface area contributed by atoms with Crippen LogP contribution in [0.5, 0.6) is 0 Å². The fourth-order valence-corrected chi connectivity index (χ4v) is 1.03. The Hall–Kier alpha value is -0.780. The van der Waals surface area contributed by atoms with Gasteiger partial charge < -0.3 is 9.47 Å². The molecule has 2 nitrogen and oxygen atoms in total. The van der Waals surface area contributed by atoms with Gasteiger partial charge in [0, 0.05) is 6.42 Å². The predicted molar refractivity (Wildman–Crippen MR) is 47.5 cm³/mol. The van der Waals surface area contributed by atoms with E-state index in [0.717, 1.165) is 6.42 Å². The zero-order valence-corrected chi connectivity index (χ0v) is 7.49. The van der Waals surface area contributed by atoms with Crippen molar-refractivity contribution in [2.75, 3.05) is 0 Å². The van der Waals surface area contributed by atoms with Crippen LogP contribution >= 0.6 is 0 Å². The fraction of sp³-hybridized carbons (Fsp3) is 0.600. The van der Waals surface area contributed by atoms with Crippen molar-refractivity contribution in [1.29, 1.82) is 0 Å². The van der Waals surface area contributed by atoms with E-state index >= 15 is 0 Å². The Bertz CT molecular complexity index is 200. The Morgan fingerprint density at radius 3 is 3.00 bits per heavy atom. The van der Waals surface area contributed by atoms with Crippen LogP contribution < -0.4 is 0 Å². The van der Waals surface area contributed by atoms with Crippen molar-refractivity contribution in [1.82, 2.24) is 0 Å². The summed E-state index contributed by atoms with van der Waals surface area (Å²) in [6, 6.07) is 0. The van der Waals surface area contributed by atoms with Gasteiger partial charge in [-0.25, -0.2) is 0 Å². The zero-order chi connectivity index (χ0) is 8.97. The smallest absolute Gasteiger partial charge is 0.178 e. The lowest BCUT2D eigenvalue weighted by Gasteiger charge is -2.24. The summed E-state index contributed by atoms with van der Waals surface area (Å²) < 4.78 is 10.8. The van der Waals surface area contributed by atoms with Crippen LogP contribution in [0.3, 0.4) is 0 Å². The summed E-state index contributed by atoms with van der Waals surface area (Å²) in [6.45, 7) is 3.94. The van der Waals surface area contributed by atoms with Gasteiger partial charge in [-0.3, -0.25) is 0 Å². The summed E-state index contributed by atoms with van der Waals surface area (Å²) in [5, 5.41) is 0. The molecule has 0 spiro atoms. The molecule has 0 fully saturated rings. The average Bonchev–Trinajstić information content (AvgIpc) is 2.03. The van der Waals surface area contributed by atoms with E-state index in [9.17, 15) is 0 Å². The van der Waals surface area contributed by atoms with Gasteiger partial charge in [-0.2, -0.15) is 0 Å². The molecule has 2 atom stereocenters. The number of hydrogen-bond acceptors (Lipinski definition) is 2. The van der Waals surface area contributed by atoms with E-state index in [2.05, 4.69) is 5.92 Å². The Balaban J connectivity index is 2.42. The standard InChI is InChI=1S/C10H14O2/c1-4-9-6-5-7-10(12-9)11-8(2)3/h1,5,7-10H,6H2,2-3H3/t9-,10+/m0/s1. The summed E-state index contributed by atoms with van der Waals surface area (Å²) in [4.78, 5) is 0. The molecule has 2 heteroatoms. The maximum atomic E-state index is 5.42. The van der Waals surface area contributed by atoms with Gasteiger partial charge in [0.1, 0.15) is 6.10 Å². The van der Waals surface area contributed by atoms with Crippen LogP contribution in [0.25, 0.3) is 0 Å². The molecule has 0 aromatic rings. The Labute approximate surface area is 73.6 Å². The van der Waals surface area contributed by atoms with Crippen LogP contribution in [-0.2, 0) is 9.47 Å². The maximum Gasteiger partial charge on any atom is 0.178 e. The highest BCUT2D eigenvalue weighted by atomic mass is 16.7. The van der Waals surface area contributed by atoms with E-state index in [-0.39, 0.29) is 18.5 Å². The van der Waals surface area contributed by atoms with Gasteiger partial charge in [0.2, 0.25) is 0 Å². The van der Waals surface area contributed by atoms with Crippen LogP contribution in [0.15, 0.2) is 12.2 Å². The molecule has 0 aromatic heterocycles. The van der Waals surface area contributed by atoms with Crippen molar-refractivity contribution in [2.45, 2.75) is 38.8 Å². The van der Waals surface area contributed by atoms with Crippen LogP contribution in [0.1, 0.15) is 20.3 Å². The molecule has 1 aliphatic heterocycles. The fourth-order valence-electron chi connectivity index (χ4n) is 1.03. The summed E-state index contributed by atoms with van der Waals surface area (Å²) in [5.74, 6) is 2.55. The van der Waals surface area contributed by atoms with Crippen molar-refractivity contribution in [3.63, 3.8) is 0 Å². The lowest BCUT2D eigenvalue weighted by Crippen LogP contribution is -2.27. The van der Waals surface area contributed by atoms with Gasteiger partial charge in [-0.15, -0.1) is 6.42 Å². The third-order valence-corrected chi connectivity index (χ3v) is 1.53. The highest BCUT2D eigenvalue weighted by molar-refractivity contribution is 5.04. The number of ether oxygens (including phenoxy) is 2. The minimum absolute atomic E-state index is 0.126. The molecule has 1 heterocycles. The highest BCUT2D eigenvalue weighted by Gasteiger charge is 2.16. The second-order valence-electron chi connectivity index (χ2n) is 3.01. The van der Waals surface area contributed by atoms with Crippen molar-refractivity contribution < 1.29 is 9.47 Å². The third-order valence-electron chi connectivity index (χ3n) is 1.53. The Morgan fingerprint density at radius 1 is 1.67 bits per heavy atom. The van der Waals surface area contributed by atoms with E-state index in [1.165, 1.54) is 0 Å². The van der Waals surface area contributed by atoms with Crippen molar-refractivity contribution in [3.05, 3.63) is 12.2 Å². The number of rotatable bonds is 2. The molecule has 0 aromatic carbocycles. The normalized spacial score (nSPS) is 28.8. The largest absolute Gasteiger partial charge is 0.346 e. The second-order valence-corrected chi connectivity index (χ2v) is 3.01. The summed E-state index contributed by atoms with van der Waals surface area (Å²) in [6.07, 6.45) is 9.69. The Morgan fingerprint density at radius 2 is 2.42 bits per heavy atom. The van der Waals surface area contributed by atoms with Crippen molar-refractivity contribution in [3.8, 4) is 12.3 Å². The van der Waals surface area contributed by atoms with E-state index in [1.807, 2.05) is 26.0 Å². The zero-order valence-electron chi connectivity index (χ0n) is 7.49. The molecule has 12 heavy (non-hydrogen) atoms. The maximum absolute atomic E-state index is 5.42. The first-order valence-corrected chi connectivity index (χ1v) is 4.16. The molecule has 0 saturated carbocycles. The average molecular weight is 166 g/mol. The number of hydrogen-bond donors (Lipinski definition) is 0. The predicted octanol–water partition coefficient (Wildman–Crippen LogP) is 1.72. The van der Waals surface area contributed by atoms with E-state index in [1.54, 1.807) is 0 Å². The lowest BCUT2D eigenvalue weighted by atomic mass is 10.2. The quantitative estimate of drug-likeness (QED) is 0.459. The molecule has 0 N–H and O–H groups in total.